The molecule has 106 valence electrons. The molecule has 1 heterocycles. The van der Waals surface area contributed by atoms with E-state index in [9.17, 15) is 4.79 Å². The van der Waals surface area contributed by atoms with Crippen LogP contribution in [0, 0.1) is 0 Å². The molecule has 1 rings (SSSR count). The van der Waals surface area contributed by atoms with Gasteiger partial charge in [0, 0.05) is 19.4 Å². The Bertz CT molecular complexity index is 408. The lowest BCUT2D eigenvalue weighted by molar-refractivity contribution is 0.0457. The summed E-state index contributed by atoms with van der Waals surface area (Å²) in [5, 5.41) is 8.74. The van der Waals surface area contributed by atoms with Gasteiger partial charge in [0.2, 0.25) is 0 Å². The average molecular weight is 269 g/mol. The second-order valence-electron chi connectivity index (χ2n) is 3.87. The van der Waals surface area contributed by atoms with Crippen molar-refractivity contribution >= 4 is 5.97 Å². The topological polar surface area (TPSA) is 77.9 Å². The van der Waals surface area contributed by atoms with Crippen molar-refractivity contribution in [2.45, 2.75) is 19.3 Å². The number of carbonyl (C=O) groups is 1. The number of aromatic nitrogens is 1. The van der Waals surface area contributed by atoms with E-state index in [2.05, 4.69) is 9.72 Å². The number of hydrogen-bond acceptors (Lipinski definition) is 6. The number of pyridine rings is 1. The third-order valence-electron chi connectivity index (χ3n) is 2.47. The van der Waals surface area contributed by atoms with Crippen LogP contribution in [0.4, 0.5) is 0 Å². The molecule has 0 spiro atoms. The Balaban J connectivity index is 2.84. The number of aryl methyl sites for hydroxylation is 1. The van der Waals surface area contributed by atoms with Gasteiger partial charge < -0.3 is 19.3 Å². The zero-order valence-corrected chi connectivity index (χ0v) is 11.2. The van der Waals surface area contributed by atoms with Gasteiger partial charge >= 0.3 is 5.97 Å². The van der Waals surface area contributed by atoms with Crippen LogP contribution in [0.5, 0.6) is 5.75 Å². The van der Waals surface area contributed by atoms with Crippen LogP contribution in [0.25, 0.3) is 0 Å². The van der Waals surface area contributed by atoms with E-state index in [1.165, 1.54) is 14.2 Å². The molecule has 0 aliphatic carbocycles. The van der Waals surface area contributed by atoms with Crippen molar-refractivity contribution in [3.8, 4) is 5.75 Å². The Labute approximate surface area is 112 Å². The minimum Gasteiger partial charge on any atom is -0.465 e. The molecule has 0 radical (unpaired) electrons. The van der Waals surface area contributed by atoms with Gasteiger partial charge in [-0.2, -0.15) is 0 Å². The highest BCUT2D eigenvalue weighted by Crippen LogP contribution is 2.19. The fourth-order valence-electron chi connectivity index (χ4n) is 1.53. The minimum absolute atomic E-state index is 0.0372. The zero-order valence-electron chi connectivity index (χ0n) is 11.2. The molecule has 0 saturated heterocycles. The van der Waals surface area contributed by atoms with Crippen LogP contribution >= 0.6 is 0 Å². The second kappa shape index (κ2) is 8.44. The van der Waals surface area contributed by atoms with Crippen molar-refractivity contribution in [3.05, 3.63) is 23.5 Å². The van der Waals surface area contributed by atoms with Gasteiger partial charge in [0.05, 0.1) is 7.11 Å². The first kappa shape index (κ1) is 15.4. The molecule has 1 aromatic rings. The molecule has 19 heavy (non-hydrogen) atoms. The van der Waals surface area contributed by atoms with E-state index in [1.807, 2.05) is 0 Å². The van der Waals surface area contributed by atoms with Crippen molar-refractivity contribution in [3.63, 3.8) is 0 Å². The molecule has 0 bridgehead atoms. The molecule has 0 unspecified atom stereocenters. The Hall–Kier alpha value is -1.66. The molecule has 6 heteroatoms. The monoisotopic (exact) mass is 269 g/mol. The number of aliphatic hydroxyl groups excluding tert-OH is 1. The summed E-state index contributed by atoms with van der Waals surface area (Å²) in [7, 11) is 2.79. The standard InChI is InChI=1S/C13H19NO5/c1-17-9-19-11-7-6-10(5-3-4-8-15)14-12(11)13(16)18-2/h6-7,15H,3-5,8-9H2,1-2H3. The molecule has 6 nitrogen and oxygen atoms in total. The summed E-state index contributed by atoms with van der Waals surface area (Å²) in [5.74, 6) is -0.213. The average Bonchev–Trinajstić information content (AvgIpc) is 2.45. The summed E-state index contributed by atoms with van der Waals surface area (Å²) in [5.41, 5.74) is 0.902. The van der Waals surface area contributed by atoms with E-state index in [1.54, 1.807) is 12.1 Å². The normalized spacial score (nSPS) is 10.3. The zero-order chi connectivity index (χ0) is 14.1. The highest BCUT2D eigenvalue weighted by molar-refractivity contribution is 5.90. The third kappa shape index (κ3) is 4.84. The van der Waals surface area contributed by atoms with Crippen LogP contribution in [0.3, 0.4) is 0 Å². The molecule has 0 fully saturated rings. The molecule has 0 amide bonds. The summed E-state index contributed by atoms with van der Waals surface area (Å²) >= 11 is 0. The predicted molar refractivity (Wildman–Crippen MR) is 68.1 cm³/mol. The highest BCUT2D eigenvalue weighted by atomic mass is 16.7. The van der Waals surface area contributed by atoms with E-state index in [-0.39, 0.29) is 19.1 Å². The molecule has 0 aliphatic heterocycles. The number of ether oxygens (including phenoxy) is 3. The lowest BCUT2D eigenvalue weighted by atomic mass is 10.1. The minimum atomic E-state index is -0.546. The first-order chi connectivity index (χ1) is 9.22. The molecule has 0 aliphatic rings. The van der Waals surface area contributed by atoms with Crippen LogP contribution in [-0.4, -0.2) is 43.7 Å². The predicted octanol–water partition coefficient (Wildman–Crippen LogP) is 1.17. The SMILES string of the molecule is COCOc1ccc(CCCCO)nc1C(=O)OC. The molecular formula is C13H19NO5. The summed E-state index contributed by atoms with van der Waals surface area (Å²) in [6.07, 6.45) is 2.20. The molecule has 0 saturated carbocycles. The molecular weight excluding hydrogens is 250 g/mol. The summed E-state index contributed by atoms with van der Waals surface area (Å²) in [6, 6.07) is 3.46. The second-order valence-corrected chi connectivity index (χ2v) is 3.87. The van der Waals surface area contributed by atoms with Crippen molar-refractivity contribution in [2.75, 3.05) is 27.6 Å². The van der Waals surface area contributed by atoms with Gasteiger partial charge in [0.15, 0.2) is 18.2 Å². The van der Waals surface area contributed by atoms with Gasteiger partial charge in [0.1, 0.15) is 0 Å². The quantitative estimate of drug-likeness (QED) is 0.433. The van der Waals surface area contributed by atoms with Gasteiger partial charge in [-0.25, -0.2) is 9.78 Å². The number of hydrogen-bond donors (Lipinski definition) is 1. The third-order valence-corrected chi connectivity index (χ3v) is 2.47. The van der Waals surface area contributed by atoms with E-state index >= 15 is 0 Å². The largest absolute Gasteiger partial charge is 0.465 e. The van der Waals surface area contributed by atoms with E-state index < -0.39 is 5.97 Å². The molecule has 0 aromatic carbocycles. The van der Waals surface area contributed by atoms with Crippen molar-refractivity contribution in [2.24, 2.45) is 0 Å². The maximum Gasteiger partial charge on any atom is 0.360 e. The molecule has 0 atom stereocenters. The van der Waals surface area contributed by atoms with E-state index in [4.69, 9.17) is 14.6 Å². The Kier molecular flexibility index (Phi) is 6.84. The van der Waals surface area contributed by atoms with Crippen LogP contribution in [-0.2, 0) is 15.9 Å². The van der Waals surface area contributed by atoms with Crippen molar-refractivity contribution < 1.29 is 24.1 Å². The number of unbranched alkanes of at least 4 members (excludes halogenated alkanes) is 1. The number of nitrogens with zero attached hydrogens (tertiary/aromatic N) is 1. The highest BCUT2D eigenvalue weighted by Gasteiger charge is 2.16. The van der Waals surface area contributed by atoms with Crippen LogP contribution in [0.1, 0.15) is 29.0 Å². The first-order valence-electron chi connectivity index (χ1n) is 6.03. The van der Waals surface area contributed by atoms with E-state index in [0.717, 1.165) is 12.1 Å². The van der Waals surface area contributed by atoms with Crippen molar-refractivity contribution in [1.82, 2.24) is 4.98 Å². The van der Waals surface area contributed by atoms with E-state index in [0.29, 0.717) is 18.6 Å². The van der Waals surface area contributed by atoms with Crippen LogP contribution in [0.15, 0.2) is 12.1 Å². The van der Waals surface area contributed by atoms with Crippen LogP contribution < -0.4 is 4.74 Å². The van der Waals surface area contributed by atoms with Gasteiger partial charge in [-0.15, -0.1) is 0 Å². The summed E-state index contributed by atoms with van der Waals surface area (Å²) in [6.45, 7) is 0.189. The van der Waals surface area contributed by atoms with Gasteiger partial charge in [-0.3, -0.25) is 0 Å². The Morgan fingerprint density at radius 3 is 2.74 bits per heavy atom. The molecule has 1 aromatic heterocycles. The van der Waals surface area contributed by atoms with Gasteiger partial charge in [-0.1, -0.05) is 0 Å². The maximum absolute atomic E-state index is 11.6. The van der Waals surface area contributed by atoms with Crippen LogP contribution in [0.2, 0.25) is 0 Å². The summed E-state index contributed by atoms with van der Waals surface area (Å²) < 4.78 is 14.7. The van der Waals surface area contributed by atoms with Gasteiger partial charge in [-0.05, 0) is 31.4 Å². The summed E-state index contributed by atoms with van der Waals surface area (Å²) in [4.78, 5) is 15.9. The lowest BCUT2D eigenvalue weighted by Gasteiger charge is -2.10. The lowest BCUT2D eigenvalue weighted by Crippen LogP contribution is -2.11. The fraction of sp³-hybridized carbons (Fsp3) is 0.538. The smallest absolute Gasteiger partial charge is 0.360 e. The first-order valence-corrected chi connectivity index (χ1v) is 6.03. The fourth-order valence-corrected chi connectivity index (χ4v) is 1.53. The number of aliphatic hydroxyl groups is 1. The van der Waals surface area contributed by atoms with Gasteiger partial charge in [0.25, 0.3) is 0 Å². The number of methoxy groups -OCH3 is 2. The number of esters is 1. The number of rotatable bonds is 8. The molecule has 1 N–H and O–H groups in total. The van der Waals surface area contributed by atoms with Crippen molar-refractivity contribution in [1.29, 1.82) is 0 Å². The Morgan fingerprint density at radius 1 is 1.32 bits per heavy atom. The Morgan fingerprint density at radius 2 is 2.11 bits per heavy atom. The number of carbonyl (C=O) groups excluding carboxylic acids is 1. The maximum atomic E-state index is 11.6.